The molecule has 52 heavy (non-hydrogen) atoms. The van der Waals surface area contributed by atoms with E-state index in [-0.39, 0.29) is 5.75 Å². The van der Waals surface area contributed by atoms with Crippen molar-refractivity contribution < 1.29 is 90.5 Å². The summed E-state index contributed by atoms with van der Waals surface area (Å²) in [6.07, 6.45) is -15.4. The summed E-state index contributed by atoms with van der Waals surface area (Å²) in [7, 11) is 0. The largest absolute Gasteiger partial charge is 0.463 e. The van der Waals surface area contributed by atoms with Crippen LogP contribution < -0.4 is 4.74 Å². The minimum atomic E-state index is -1.82. The van der Waals surface area contributed by atoms with Gasteiger partial charge in [0.1, 0.15) is 43.6 Å². The van der Waals surface area contributed by atoms with Gasteiger partial charge in [0, 0.05) is 54.0 Å². The molecule has 0 unspecified atom stereocenters. The molecule has 0 saturated carbocycles. The molecule has 2 aliphatic rings. The van der Waals surface area contributed by atoms with Gasteiger partial charge >= 0.3 is 41.8 Å². The molecule has 0 bridgehead atoms. The standard InChI is InChI=1S/C33H40O19/c1-15(35)42-13-24-26(44-17(3)37)28(45-18(4)38)31(48-21(7)41)33(51-24)52-27-25(14-43-16(2)36)50-32(49-23-10-8-22(12-34)9-11-23)30(47-20(6)40)29(27)46-19(5)39/h8-12,24-33H,13-14H2,1-7H3/t24-,25-,26-,27-,28+,29+,30-,31-,32-,33-/m1/s1. The average molecular weight is 741 g/mol. The van der Waals surface area contributed by atoms with E-state index >= 15 is 0 Å². The fourth-order valence-electron chi connectivity index (χ4n) is 5.33. The summed E-state index contributed by atoms with van der Waals surface area (Å²) < 4.78 is 62.2. The zero-order valence-corrected chi connectivity index (χ0v) is 29.3. The van der Waals surface area contributed by atoms with E-state index in [1.54, 1.807) is 0 Å². The van der Waals surface area contributed by atoms with Crippen LogP contribution in [0.15, 0.2) is 24.3 Å². The Labute approximate surface area is 297 Å². The van der Waals surface area contributed by atoms with Crippen molar-refractivity contribution in [2.24, 2.45) is 0 Å². The molecule has 0 aliphatic carbocycles. The molecule has 2 fully saturated rings. The first-order chi connectivity index (χ1) is 24.5. The fourth-order valence-corrected chi connectivity index (χ4v) is 5.33. The monoisotopic (exact) mass is 740 g/mol. The molecule has 0 aromatic heterocycles. The Bertz CT molecular complexity index is 1470. The number of hydrogen-bond acceptors (Lipinski definition) is 19. The van der Waals surface area contributed by atoms with Crippen molar-refractivity contribution in [2.75, 3.05) is 13.2 Å². The van der Waals surface area contributed by atoms with Crippen LogP contribution in [0.4, 0.5) is 0 Å². The van der Waals surface area contributed by atoms with Gasteiger partial charge in [-0.3, -0.25) is 38.4 Å². The Kier molecular flexibility index (Phi) is 15.0. The van der Waals surface area contributed by atoms with Crippen LogP contribution in [0.2, 0.25) is 0 Å². The number of rotatable bonds is 14. The smallest absolute Gasteiger partial charge is 0.303 e. The zero-order valence-electron chi connectivity index (χ0n) is 29.3. The van der Waals surface area contributed by atoms with Gasteiger partial charge in [0.05, 0.1) is 0 Å². The first-order valence-corrected chi connectivity index (χ1v) is 15.8. The number of ether oxygens (including phenoxy) is 11. The van der Waals surface area contributed by atoms with Crippen molar-refractivity contribution in [3.8, 4) is 5.75 Å². The number of aldehydes is 1. The summed E-state index contributed by atoms with van der Waals surface area (Å²) in [5.74, 6) is -5.88. The lowest BCUT2D eigenvalue weighted by Gasteiger charge is -2.48. The van der Waals surface area contributed by atoms with Crippen molar-refractivity contribution in [3.63, 3.8) is 0 Å². The number of carbonyl (C=O) groups excluding carboxylic acids is 8. The molecule has 19 heteroatoms. The molecule has 0 radical (unpaired) electrons. The molecule has 0 amide bonds. The molecule has 286 valence electrons. The van der Waals surface area contributed by atoms with E-state index in [1.165, 1.54) is 24.3 Å². The lowest BCUT2D eigenvalue weighted by atomic mass is 9.96. The SMILES string of the molecule is CC(=O)OC[C@H]1O[C@H](O[C@H]2[C@H](OC(C)=O)[C@@H](OC(C)=O)[C@H](Oc3ccc(C=O)cc3)O[C@@H]2COC(C)=O)[C@H](OC(C)=O)[C@@H](OC(C)=O)[C@@H]1OC(C)=O. The van der Waals surface area contributed by atoms with Gasteiger partial charge in [-0.1, -0.05) is 0 Å². The highest BCUT2D eigenvalue weighted by atomic mass is 16.8. The topological polar surface area (TPSA) is 238 Å². The quantitative estimate of drug-likeness (QED) is 0.143. The minimum absolute atomic E-state index is 0.125. The summed E-state index contributed by atoms with van der Waals surface area (Å²) in [6.45, 7) is 6.22. The predicted octanol–water partition coefficient (Wildman–Crippen LogP) is 0.498. The summed E-state index contributed by atoms with van der Waals surface area (Å²) >= 11 is 0. The normalized spacial score (nSPS) is 28.2. The number of esters is 7. The second kappa shape index (κ2) is 18.9. The van der Waals surface area contributed by atoms with E-state index in [0.717, 1.165) is 48.5 Å². The maximum Gasteiger partial charge on any atom is 0.303 e. The molecule has 1 aromatic carbocycles. The third-order valence-electron chi connectivity index (χ3n) is 7.15. The van der Waals surface area contributed by atoms with Crippen LogP contribution in [-0.4, -0.2) is 123 Å². The van der Waals surface area contributed by atoms with E-state index in [9.17, 15) is 38.4 Å². The Balaban J connectivity index is 2.16. The maximum atomic E-state index is 12.5. The van der Waals surface area contributed by atoms with Crippen molar-refractivity contribution in [3.05, 3.63) is 29.8 Å². The summed E-state index contributed by atoms with van der Waals surface area (Å²) in [5.41, 5.74) is 0.317. The first-order valence-electron chi connectivity index (χ1n) is 15.8. The number of carbonyl (C=O) groups is 8. The molecule has 3 rings (SSSR count). The lowest BCUT2D eigenvalue weighted by Crippen LogP contribution is -2.67. The molecule has 19 nitrogen and oxygen atoms in total. The Morgan fingerprint density at radius 1 is 0.519 bits per heavy atom. The van der Waals surface area contributed by atoms with Gasteiger partial charge < -0.3 is 52.1 Å². The molecule has 0 N–H and O–H groups in total. The molecule has 0 spiro atoms. The van der Waals surface area contributed by atoms with Crippen LogP contribution in [0, 0.1) is 0 Å². The summed E-state index contributed by atoms with van der Waals surface area (Å²) in [6, 6.07) is 5.70. The molecular formula is C33H40O19. The molecule has 2 saturated heterocycles. The van der Waals surface area contributed by atoms with E-state index in [2.05, 4.69) is 0 Å². The van der Waals surface area contributed by atoms with E-state index in [0.29, 0.717) is 11.8 Å². The molecular weight excluding hydrogens is 700 g/mol. The van der Waals surface area contributed by atoms with Crippen LogP contribution >= 0.6 is 0 Å². The third kappa shape index (κ3) is 12.0. The molecule has 1 aromatic rings. The summed E-state index contributed by atoms with van der Waals surface area (Å²) in [5, 5.41) is 0. The third-order valence-corrected chi connectivity index (χ3v) is 7.15. The minimum Gasteiger partial charge on any atom is -0.463 e. The van der Waals surface area contributed by atoms with Gasteiger partial charge in [-0.05, 0) is 24.3 Å². The second-order valence-corrected chi connectivity index (χ2v) is 11.5. The lowest BCUT2D eigenvalue weighted by molar-refractivity contribution is -0.354. The first kappa shape index (κ1) is 41.3. The Morgan fingerprint density at radius 2 is 0.904 bits per heavy atom. The van der Waals surface area contributed by atoms with Crippen molar-refractivity contribution in [1.82, 2.24) is 0 Å². The van der Waals surface area contributed by atoms with E-state index in [1.807, 2.05) is 0 Å². The zero-order chi connectivity index (χ0) is 38.7. The van der Waals surface area contributed by atoms with Gasteiger partial charge in [0.2, 0.25) is 12.4 Å². The van der Waals surface area contributed by atoms with Crippen molar-refractivity contribution in [1.29, 1.82) is 0 Å². The van der Waals surface area contributed by atoms with E-state index in [4.69, 9.17) is 52.1 Å². The fraction of sp³-hybridized carbons (Fsp3) is 0.576. The van der Waals surface area contributed by atoms with Gasteiger partial charge in [-0.25, -0.2) is 0 Å². The van der Waals surface area contributed by atoms with Crippen LogP contribution in [-0.2, 0) is 80.9 Å². The van der Waals surface area contributed by atoms with Crippen molar-refractivity contribution in [2.45, 2.75) is 110 Å². The number of benzene rings is 1. The van der Waals surface area contributed by atoms with Gasteiger partial charge in [0.25, 0.3) is 0 Å². The maximum absolute atomic E-state index is 12.5. The van der Waals surface area contributed by atoms with Crippen LogP contribution in [0.5, 0.6) is 5.75 Å². The molecule has 2 heterocycles. The van der Waals surface area contributed by atoms with Crippen LogP contribution in [0.3, 0.4) is 0 Å². The summed E-state index contributed by atoms with van der Waals surface area (Å²) in [4.78, 5) is 96.7. The van der Waals surface area contributed by atoms with Gasteiger partial charge in [-0.2, -0.15) is 0 Å². The highest BCUT2D eigenvalue weighted by Crippen LogP contribution is 2.36. The number of hydrogen-bond donors (Lipinski definition) is 0. The highest BCUT2D eigenvalue weighted by molar-refractivity contribution is 5.75. The molecule has 10 atom stereocenters. The average Bonchev–Trinajstić information content (AvgIpc) is 3.03. The van der Waals surface area contributed by atoms with Gasteiger partial charge in [0.15, 0.2) is 30.7 Å². The van der Waals surface area contributed by atoms with Crippen LogP contribution in [0.25, 0.3) is 0 Å². The highest BCUT2D eigenvalue weighted by Gasteiger charge is 2.58. The van der Waals surface area contributed by atoms with Crippen LogP contribution in [0.1, 0.15) is 58.8 Å². The van der Waals surface area contributed by atoms with Gasteiger partial charge in [-0.15, -0.1) is 0 Å². The second-order valence-electron chi connectivity index (χ2n) is 11.5. The Morgan fingerprint density at radius 3 is 1.35 bits per heavy atom. The predicted molar refractivity (Wildman–Crippen MR) is 166 cm³/mol. The molecule has 2 aliphatic heterocycles. The Hall–Kier alpha value is -5.14. The van der Waals surface area contributed by atoms with E-state index < -0.39 is 116 Å². The van der Waals surface area contributed by atoms with Crippen molar-refractivity contribution >= 4 is 48.1 Å².